The van der Waals surface area contributed by atoms with Gasteiger partial charge in [0.15, 0.2) is 0 Å². The highest BCUT2D eigenvalue weighted by atomic mass is 19.4. The highest BCUT2D eigenvalue weighted by Gasteiger charge is 2.31. The van der Waals surface area contributed by atoms with Crippen molar-refractivity contribution in [2.75, 3.05) is 5.32 Å². The summed E-state index contributed by atoms with van der Waals surface area (Å²) >= 11 is 0. The second kappa shape index (κ2) is 4.03. The zero-order chi connectivity index (χ0) is 12.6. The fourth-order valence-electron chi connectivity index (χ4n) is 1.77. The molecule has 1 aliphatic heterocycles. The maximum absolute atomic E-state index is 12.5. The van der Waals surface area contributed by atoms with E-state index in [1.807, 2.05) is 0 Å². The monoisotopic (exact) mass is 244 g/mol. The van der Waals surface area contributed by atoms with E-state index in [1.54, 1.807) is 0 Å². The molecule has 1 heterocycles. The number of nitrogens with two attached hydrogens (primary N) is 1. The number of carbonyl (C=O) groups excluding carboxylic acids is 1. The summed E-state index contributed by atoms with van der Waals surface area (Å²) in [6.45, 7) is 0. The van der Waals surface area contributed by atoms with Gasteiger partial charge in [0.2, 0.25) is 5.91 Å². The lowest BCUT2D eigenvalue weighted by Gasteiger charge is -2.11. The molecule has 17 heavy (non-hydrogen) atoms. The van der Waals surface area contributed by atoms with E-state index in [-0.39, 0.29) is 5.91 Å². The minimum Gasteiger partial charge on any atom is -0.324 e. The summed E-state index contributed by atoms with van der Waals surface area (Å²) in [6.07, 6.45) is -3.66. The number of benzene rings is 1. The quantitative estimate of drug-likeness (QED) is 0.732. The number of nitrogens with one attached hydrogen (secondary N) is 1. The number of fused-ring (bicyclic) bond motifs is 1. The van der Waals surface area contributed by atoms with Crippen molar-refractivity contribution in [3.63, 3.8) is 0 Å². The molecular formula is C11H11F3N2O. The molecule has 0 fully saturated rings. The maximum Gasteiger partial charge on any atom is 0.416 e. The Labute approximate surface area is 95.8 Å². The van der Waals surface area contributed by atoms with Crippen LogP contribution in [0.1, 0.15) is 17.5 Å². The van der Waals surface area contributed by atoms with Crippen LogP contribution in [0.4, 0.5) is 18.9 Å². The molecule has 2 rings (SSSR count). The van der Waals surface area contributed by atoms with E-state index in [1.165, 1.54) is 6.07 Å². The fourth-order valence-corrected chi connectivity index (χ4v) is 1.77. The zero-order valence-electron chi connectivity index (χ0n) is 8.84. The van der Waals surface area contributed by atoms with Crippen molar-refractivity contribution >= 4 is 11.6 Å². The van der Waals surface area contributed by atoms with Gasteiger partial charge in [-0.3, -0.25) is 4.79 Å². The van der Waals surface area contributed by atoms with Crippen LogP contribution >= 0.6 is 0 Å². The van der Waals surface area contributed by atoms with Gasteiger partial charge in [-0.25, -0.2) is 0 Å². The first kappa shape index (κ1) is 11.9. The van der Waals surface area contributed by atoms with Crippen LogP contribution in [-0.2, 0) is 17.4 Å². The molecule has 3 nitrogen and oxygen atoms in total. The predicted octanol–water partition coefficient (Wildman–Crippen LogP) is 1.92. The molecule has 0 radical (unpaired) electrons. The van der Waals surface area contributed by atoms with Crippen LogP contribution in [0.5, 0.6) is 0 Å². The lowest BCUT2D eigenvalue weighted by atomic mass is 10.0. The van der Waals surface area contributed by atoms with Crippen LogP contribution in [0.2, 0.25) is 0 Å². The molecular weight excluding hydrogens is 233 g/mol. The highest BCUT2D eigenvalue weighted by molar-refractivity contribution is 5.96. The molecule has 92 valence electrons. The molecule has 1 atom stereocenters. The van der Waals surface area contributed by atoms with Crippen molar-refractivity contribution in [3.05, 3.63) is 29.3 Å². The van der Waals surface area contributed by atoms with Gasteiger partial charge in [-0.1, -0.05) is 0 Å². The smallest absolute Gasteiger partial charge is 0.324 e. The maximum atomic E-state index is 12.5. The summed E-state index contributed by atoms with van der Waals surface area (Å²) in [5.74, 6) is -0.358. The number of hydrogen-bond donors (Lipinski definition) is 2. The Kier molecular flexibility index (Phi) is 2.82. The number of halogens is 3. The van der Waals surface area contributed by atoms with Gasteiger partial charge in [0.05, 0.1) is 11.6 Å². The minimum absolute atomic E-state index is 0.347. The summed E-state index contributed by atoms with van der Waals surface area (Å²) in [7, 11) is 0. The Morgan fingerprint density at radius 1 is 1.35 bits per heavy atom. The highest BCUT2D eigenvalue weighted by Crippen LogP contribution is 2.33. The van der Waals surface area contributed by atoms with Crippen LogP contribution in [0.15, 0.2) is 18.2 Å². The molecule has 0 aromatic heterocycles. The summed E-state index contributed by atoms with van der Waals surface area (Å²) < 4.78 is 37.5. The molecule has 0 unspecified atom stereocenters. The number of alkyl halides is 3. The summed E-state index contributed by atoms with van der Waals surface area (Å²) in [5, 5.41) is 2.52. The van der Waals surface area contributed by atoms with E-state index in [9.17, 15) is 18.0 Å². The van der Waals surface area contributed by atoms with Gasteiger partial charge in [-0.15, -0.1) is 0 Å². The van der Waals surface area contributed by atoms with E-state index in [0.717, 1.165) is 12.1 Å². The Morgan fingerprint density at radius 3 is 2.71 bits per heavy atom. The van der Waals surface area contributed by atoms with Gasteiger partial charge in [-0.05, 0) is 36.6 Å². The lowest BCUT2D eigenvalue weighted by Crippen LogP contribution is -2.34. The third kappa shape index (κ3) is 2.41. The van der Waals surface area contributed by atoms with Crippen LogP contribution in [-0.4, -0.2) is 11.9 Å². The standard InChI is InChI=1S/C11H11F3N2O/c12-11(13,14)7-2-4-9-6(5-7)1-3-8(15)10(17)16-9/h2,4-5,8H,1,3,15H2,(H,16,17)/t8-/m0/s1. The van der Waals surface area contributed by atoms with E-state index in [4.69, 9.17) is 5.73 Å². The van der Waals surface area contributed by atoms with Crippen molar-refractivity contribution in [2.24, 2.45) is 5.73 Å². The predicted molar refractivity (Wildman–Crippen MR) is 56.4 cm³/mol. The Morgan fingerprint density at radius 2 is 2.06 bits per heavy atom. The SMILES string of the molecule is N[C@H]1CCc2cc(C(F)(F)F)ccc2NC1=O. The van der Waals surface area contributed by atoms with Crippen molar-refractivity contribution in [2.45, 2.75) is 25.1 Å². The first-order valence-electron chi connectivity index (χ1n) is 5.14. The van der Waals surface area contributed by atoms with Crippen LogP contribution in [0.25, 0.3) is 0 Å². The third-order valence-corrected chi connectivity index (χ3v) is 2.75. The second-order valence-corrected chi connectivity index (χ2v) is 4.00. The summed E-state index contributed by atoms with van der Waals surface area (Å²) in [4.78, 5) is 11.4. The molecule has 6 heteroatoms. The van der Waals surface area contributed by atoms with E-state index in [2.05, 4.69) is 5.32 Å². The van der Waals surface area contributed by atoms with Gasteiger partial charge in [0.1, 0.15) is 0 Å². The molecule has 1 amide bonds. The van der Waals surface area contributed by atoms with Gasteiger partial charge in [0.25, 0.3) is 0 Å². The van der Waals surface area contributed by atoms with Crippen molar-refractivity contribution < 1.29 is 18.0 Å². The molecule has 3 N–H and O–H groups in total. The average molecular weight is 244 g/mol. The topological polar surface area (TPSA) is 55.1 Å². The van der Waals surface area contributed by atoms with E-state index in [0.29, 0.717) is 24.1 Å². The van der Waals surface area contributed by atoms with Crippen LogP contribution in [0.3, 0.4) is 0 Å². The molecule has 0 spiro atoms. The summed E-state index contributed by atoms with van der Waals surface area (Å²) in [6, 6.07) is 2.62. The zero-order valence-corrected chi connectivity index (χ0v) is 8.84. The Bertz CT molecular complexity index is 457. The number of carbonyl (C=O) groups is 1. The van der Waals surface area contributed by atoms with E-state index >= 15 is 0 Å². The number of anilines is 1. The van der Waals surface area contributed by atoms with Gasteiger partial charge in [0, 0.05) is 5.69 Å². The molecule has 1 aromatic rings. The Hall–Kier alpha value is -1.56. The number of amides is 1. The molecule has 0 bridgehead atoms. The first-order chi connectivity index (χ1) is 7.88. The molecule has 1 aliphatic rings. The first-order valence-corrected chi connectivity index (χ1v) is 5.14. The molecule has 0 saturated heterocycles. The third-order valence-electron chi connectivity index (χ3n) is 2.75. The molecule has 0 saturated carbocycles. The van der Waals surface area contributed by atoms with Crippen molar-refractivity contribution in [3.8, 4) is 0 Å². The fraction of sp³-hybridized carbons (Fsp3) is 0.364. The molecule has 1 aromatic carbocycles. The van der Waals surface area contributed by atoms with E-state index < -0.39 is 17.8 Å². The van der Waals surface area contributed by atoms with Gasteiger partial charge in [-0.2, -0.15) is 13.2 Å². The number of hydrogen-bond acceptors (Lipinski definition) is 2. The molecule has 0 aliphatic carbocycles. The van der Waals surface area contributed by atoms with Gasteiger partial charge >= 0.3 is 6.18 Å². The normalized spacial score (nSPS) is 20.5. The number of aryl methyl sites for hydroxylation is 1. The van der Waals surface area contributed by atoms with Gasteiger partial charge < -0.3 is 11.1 Å². The second-order valence-electron chi connectivity index (χ2n) is 4.00. The average Bonchev–Trinajstić information content (AvgIpc) is 2.38. The lowest BCUT2D eigenvalue weighted by molar-refractivity contribution is -0.137. The Balaban J connectivity index is 2.38. The van der Waals surface area contributed by atoms with Crippen molar-refractivity contribution in [1.29, 1.82) is 0 Å². The van der Waals surface area contributed by atoms with Crippen LogP contribution in [0, 0.1) is 0 Å². The van der Waals surface area contributed by atoms with Crippen molar-refractivity contribution in [1.82, 2.24) is 0 Å². The number of rotatable bonds is 0. The minimum atomic E-state index is -4.37. The largest absolute Gasteiger partial charge is 0.416 e. The summed E-state index contributed by atoms with van der Waals surface area (Å²) in [5.41, 5.74) is 5.73. The van der Waals surface area contributed by atoms with Crippen LogP contribution < -0.4 is 11.1 Å².